The number of hydrogen-bond acceptors (Lipinski definition) is 7. The molecular weight excluding hydrogens is 362 g/mol. The number of fused-ring (bicyclic) bond motifs is 3. The molecule has 2 N–H and O–H groups in total. The number of rotatable bonds is 3. The third-order valence-electron chi connectivity index (χ3n) is 4.37. The fourth-order valence-electron chi connectivity index (χ4n) is 3.25. The molecule has 148 valence electrons. The lowest BCUT2D eigenvalue weighted by Crippen LogP contribution is -2.41. The van der Waals surface area contributed by atoms with E-state index in [1.807, 2.05) is 26.8 Å². The molecule has 7 nitrogen and oxygen atoms in total. The fourth-order valence-corrected chi connectivity index (χ4v) is 3.25. The topological polar surface area (TPSA) is 94.1 Å². The van der Waals surface area contributed by atoms with E-state index < -0.39 is 23.4 Å². The van der Waals surface area contributed by atoms with Gasteiger partial charge >= 0.3 is 11.9 Å². The number of methoxy groups -OCH3 is 2. The minimum absolute atomic E-state index is 0.0209. The summed E-state index contributed by atoms with van der Waals surface area (Å²) in [5.41, 5.74) is 0.0229. The van der Waals surface area contributed by atoms with Crippen LogP contribution in [0.5, 0.6) is 11.5 Å². The Bertz CT molecular complexity index is 986. The van der Waals surface area contributed by atoms with Gasteiger partial charge in [-0.15, -0.1) is 0 Å². The molecule has 28 heavy (non-hydrogen) atoms. The van der Waals surface area contributed by atoms with E-state index in [-0.39, 0.29) is 17.2 Å². The van der Waals surface area contributed by atoms with Crippen LogP contribution in [-0.2, 0) is 19.1 Å². The van der Waals surface area contributed by atoms with E-state index in [1.54, 1.807) is 18.2 Å². The molecule has 0 amide bonds. The van der Waals surface area contributed by atoms with E-state index in [0.29, 0.717) is 16.7 Å². The lowest BCUT2D eigenvalue weighted by Gasteiger charge is -2.32. The minimum Gasteiger partial charge on any atom is -0.508 e. The molecule has 0 bridgehead atoms. The smallest absolute Gasteiger partial charge is 0.340 e. The Morgan fingerprint density at radius 1 is 1.11 bits per heavy atom. The van der Waals surface area contributed by atoms with E-state index in [9.17, 15) is 14.7 Å². The number of hydrogen-bond donors (Lipinski definition) is 2. The van der Waals surface area contributed by atoms with Crippen LogP contribution in [-0.4, -0.2) is 36.8 Å². The van der Waals surface area contributed by atoms with Crippen LogP contribution in [0.25, 0.3) is 10.8 Å². The summed E-state index contributed by atoms with van der Waals surface area (Å²) < 4.78 is 15.9. The summed E-state index contributed by atoms with van der Waals surface area (Å²) in [5, 5.41) is 14.5. The summed E-state index contributed by atoms with van der Waals surface area (Å²) in [7, 11) is 2.49. The van der Waals surface area contributed by atoms with E-state index in [1.165, 1.54) is 20.3 Å². The molecular formula is C21H23NO6. The van der Waals surface area contributed by atoms with Crippen LogP contribution in [0.1, 0.15) is 32.3 Å². The maximum absolute atomic E-state index is 12.8. The number of esters is 2. The number of carbonyl (C=O) groups excluding carboxylic acids is 2. The molecule has 0 saturated carbocycles. The second-order valence-electron chi connectivity index (χ2n) is 7.55. The van der Waals surface area contributed by atoms with Crippen molar-refractivity contribution >= 4 is 22.7 Å². The number of phenolic OH excluding ortho intramolecular Hbond substituents is 1. The van der Waals surface area contributed by atoms with E-state index >= 15 is 0 Å². The first-order valence-electron chi connectivity index (χ1n) is 8.78. The van der Waals surface area contributed by atoms with Crippen LogP contribution >= 0.6 is 0 Å². The Morgan fingerprint density at radius 3 is 2.39 bits per heavy atom. The average Bonchev–Trinajstić information content (AvgIpc) is 2.64. The predicted octanol–water partition coefficient (Wildman–Crippen LogP) is 2.97. The average molecular weight is 385 g/mol. The van der Waals surface area contributed by atoms with E-state index in [4.69, 9.17) is 14.2 Å². The summed E-state index contributed by atoms with van der Waals surface area (Å²) in [6.45, 7) is 5.71. The molecule has 3 rings (SSSR count). The van der Waals surface area contributed by atoms with Crippen molar-refractivity contribution in [2.45, 2.75) is 32.2 Å². The largest absolute Gasteiger partial charge is 0.508 e. The highest BCUT2D eigenvalue weighted by Gasteiger charge is 2.42. The molecule has 0 spiro atoms. The first kappa shape index (κ1) is 19.5. The first-order valence-corrected chi connectivity index (χ1v) is 8.78. The van der Waals surface area contributed by atoms with Crippen molar-refractivity contribution in [2.75, 3.05) is 14.2 Å². The Labute approximate surface area is 162 Å². The van der Waals surface area contributed by atoms with Gasteiger partial charge in [0.1, 0.15) is 23.0 Å². The van der Waals surface area contributed by atoms with Crippen molar-refractivity contribution in [3.63, 3.8) is 0 Å². The Balaban J connectivity index is 2.34. The predicted molar refractivity (Wildman–Crippen MR) is 103 cm³/mol. The zero-order chi connectivity index (χ0) is 20.6. The number of aromatic hydroxyl groups is 1. The molecule has 0 fully saturated rings. The maximum Gasteiger partial charge on any atom is 0.340 e. The molecule has 0 saturated heterocycles. The van der Waals surface area contributed by atoms with E-state index in [0.717, 1.165) is 5.39 Å². The minimum atomic E-state index is -1.07. The van der Waals surface area contributed by atoms with E-state index in [2.05, 4.69) is 5.32 Å². The molecule has 0 aliphatic carbocycles. The van der Waals surface area contributed by atoms with Gasteiger partial charge in [0.2, 0.25) is 5.88 Å². The number of ether oxygens (including phenoxy) is 3. The van der Waals surface area contributed by atoms with Crippen molar-refractivity contribution in [3.8, 4) is 11.5 Å². The number of benzene rings is 2. The number of carbonyl (C=O) groups is 2. The molecule has 2 aromatic carbocycles. The number of nitrogens with one attached hydrogen (secondary N) is 1. The lowest BCUT2D eigenvalue weighted by molar-refractivity contribution is -0.145. The molecule has 0 aromatic heterocycles. The molecule has 1 aliphatic rings. The van der Waals surface area contributed by atoms with Crippen molar-refractivity contribution in [3.05, 3.63) is 47.4 Å². The van der Waals surface area contributed by atoms with Gasteiger partial charge in [-0.1, -0.05) is 12.1 Å². The highest BCUT2D eigenvalue weighted by atomic mass is 16.5. The molecule has 1 unspecified atom stereocenters. The maximum atomic E-state index is 12.8. The second kappa shape index (κ2) is 7.07. The van der Waals surface area contributed by atoms with Crippen molar-refractivity contribution < 1.29 is 28.9 Å². The Kier molecular flexibility index (Phi) is 4.93. The molecule has 1 heterocycles. The Morgan fingerprint density at radius 2 is 1.79 bits per heavy atom. The molecule has 1 atom stereocenters. The van der Waals surface area contributed by atoms with Crippen LogP contribution in [0.4, 0.5) is 0 Å². The molecule has 2 aromatic rings. The van der Waals surface area contributed by atoms with Crippen molar-refractivity contribution in [1.29, 1.82) is 0 Å². The monoisotopic (exact) mass is 385 g/mol. The van der Waals surface area contributed by atoms with Crippen molar-refractivity contribution in [1.82, 2.24) is 5.32 Å². The lowest BCUT2D eigenvalue weighted by atomic mass is 9.85. The normalized spacial score (nSPS) is 16.2. The standard InChI is InChI=1S/C21H23NO6/c1-21(2,3)22-18-17(20(25)27-5)16(19(24)26-4)15-13-10-12(23)8-6-11(13)7-9-14(15)28-18/h6-10,16,22-23H,1-5H3. The fraction of sp³-hybridized carbons (Fsp3) is 0.333. The number of phenols is 1. The van der Waals surface area contributed by atoms with Crippen LogP contribution < -0.4 is 10.1 Å². The van der Waals surface area contributed by atoms with Gasteiger partial charge in [0.15, 0.2) is 0 Å². The third kappa shape index (κ3) is 3.47. The molecule has 0 radical (unpaired) electrons. The van der Waals surface area contributed by atoms with Crippen LogP contribution in [0.15, 0.2) is 41.8 Å². The SMILES string of the molecule is COC(=O)C1=C(NC(C)(C)C)Oc2ccc3ccc(O)cc3c2C1C(=O)OC. The van der Waals surface area contributed by atoms with Gasteiger partial charge in [0, 0.05) is 11.1 Å². The van der Waals surface area contributed by atoms with Gasteiger partial charge in [0.25, 0.3) is 0 Å². The highest BCUT2D eigenvalue weighted by molar-refractivity contribution is 6.04. The van der Waals surface area contributed by atoms with Crippen LogP contribution in [0.3, 0.4) is 0 Å². The van der Waals surface area contributed by atoms with Gasteiger partial charge in [-0.3, -0.25) is 4.79 Å². The summed E-state index contributed by atoms with van der Waals surface area (Å²) in [6, 6.07) is 8.35. The summed E-state index contributed by atoms with van der Waals surface area (Å²) in [4.78, 5) is 25.4. The van der Waals surface area contributed by atoms with Gasteiger partial charge in [-0.2, -0.15) is 0 Å². The second-order valence-corrected chi connectivity index (χ2v) is 7.55. The van der Waals surface area contributed by atoms with Gasteiger partial charge in [-0.05, 0) is 49.7 Å². The van der Waals surface area contributed by atoms with Gasteiger partial charge < -0.3 is 24.6 Å². The Hall–Kier alpha value is -3.22. The summed E-state index contributed by atoms with van der Waals surface area (Å²) >= 11 is 0. The molecule has 1 aliphatic heterocycles. The zero-order valence-corrected chi connectivity index (χ0v) is 16.5. The molecule has 7 heteroatoms. The van der Waals surface area contributed by atoms with Crippen LogP contribution in [0.2, 0.25) is 0 Å². The first-order chi connectivity index (χ1) is 13.2. The summed E-state index contributed by atoms with van der Waals surface area (Å²) in [6.07, 6.45) is 0. The zero-order valence-electron chi connectivity index (χ0n) is 16.5. The quantitative estimate of drug-likeness (QED) is 0.785. The van der Waals surface area contributed by atoms with Gasteiger partial charge in [0.05, 0.1) is 14.2 Å². The highest BCUT2D eigenvalue weighted by Crippen LogP contribution is 2.44. The summed E-state index contributed by atoms with van der Waals surface area (Å²) in [5.74, 6) is -1.84. The van der Waals surface area contributed by atoms with Crippen LogP contribution in [0, 0.1) is 0 Å². The van der Waals surface area contributed by atoms with Crippen molar-refractivity contribution in [2.24, 2.45) is 0 Å². The third-order valence-corrected chi connectivity index (χ3v) is 4.37. The van der Waals surface area contributed by atoms with Gasteiger partial charge in [-0.25, -0.2) is 4.79 Å².